The predicted molar refractivity (Wildman–Crippen MR) is 98.4 cm³/mol. The van der Waals surface area contributed by atoms with Gasteiger partial charge < -0.3 is 4.90 Å². The molecule has 0 atom stereocenters. The van der Waals surface area contributed by atoms with Crippen molar-refractivity contribution in [3.63, 3.8) is 0 Å². The summed E-state index contributed by atoms with van der Waals surface area (Å²) >= 11 is 3.30. The largest absolute Gasteiger partial charge is 0.378 e. The smallest absolute Gasteiger partial charge is 0.240 e. The Bertz CT molecular complexity index is 726. The van der Waals surface area contributed by atoms with Crippen LogP contribution < -0.4 is 9.62 Å². The fraction of sp³-hybridized carbons (Fsp3) is 0.294. The van der Waals surface area contributed by atoms with Crippen LogP contribution in [0.15, 0.2) is 57.9 Å². The maximum atomic E-state index is 12.1. The van der Waals surface area contributed by atoms with Crippen LogP contribution in [0.2, 0.25) is 0 Å². The molecule has 0 fully saturated rings. The van der Waals surface area contributed by atoms with Gasteiger partial charge in [-0.2, -0.15) is 0 Å². The number of sulfonamides is 1. The van der Waals surface area contributed by atoms with E-state index in [4.69, 9.17) is 0 Å². The Balaban J connectivity index is 1.83. The summed E-state index contributed by atoms with van der Waals surface area (Å²) in [5.41, 5.74) is 2.36. The summed E-state index contributed by atoms with van der Waals surface area (Å²) < 4.78 is 27.8. The Morgan fingerprint density at radius 1 is 1.00 bits per heavy atom. The highest BCUT2D eigenvalue weighted by atomic mass is 79.9. The molecule has 0 saturated carbocycles. The summed E-state index contributed by atoms with van der Waals surface area (Å²) in [6, 6.07) is 14.9. The molecule has 4 nitrogen and oxygen atoms in total. The first-order valence-corrected chi connectivity index (χ1v) is 9.67. The van der Waals surface area contributed by atoms with E-state index in [9.17, 15) is 8.42 Å². The minimum absolute atomic E-state index is 0.288. The van der Waals surface area contributed by atoms with Crippen molar-refractivity contribution in [1.82, 2.24) is 4.72 Å². The molecule has 2 aromatic rings. The van der Waals surface area contributed by atoms with Crippen LogP contribution in [0.3, 0.4) is 0 Å². The van der Waals surface area contributed by atoms with Gasteiger partial charge in [0.05, 0.1) is 4.90 Å². The average molecular weight is 397 g/mol. The van der Waals surface area contributed by atoms with E-state index < -0.39 is 10.0 Å². The van der Waals surface area contributed by atoms with E-state index in [1.807, 2.05) is 14.1 Å². The Kier molecular flexibility index (Phi) is 6.21. The summed E-state index contributed by atoms with van der Waals surface area (Å²) in [7, 11) is 0.585. The Labute approximate surface area is 146 Å². The Morgan fingerprint density at radius 3 is 2.17 bits per heavy atom. The van der Waals surface area contributed by atoms with Gasteiger partial charge in [-0.25, -0.2) is 13.1 Å². The van der Waals surface area contributed by atoms with Crippen LogP contribution >= 0.6 is 15.9 Å². The molecule has 0 saturated heterocycles. The lowest BCUT2D eigenvalue weighted by atomic mass is 10.1. The van der Waals surface area contributed by atoms with Gasteiger partial charge in [-0.1, -0.05) is 28.1 Å². The van der Waals surface area contributed by atoms with Gasteiger partial charge in [0.1, 0.15) is 0 Å². The lowest BCUT2D eigenvalue weighted by molar-refractivity contribution is 0.579. The number of hydrogen-bond acceptors (Lipinski definition) is 3. The normalized spacial score (nSPS) is 11.4. The van der Waals surface area contributed by atoms with Crippen molar-refractivity contribution in [3.05, 3.63) is 58.6 Å². The van der Waals surface area contributed by atoms with Crippen molar-refractivity contribution in [2.75, 3.05) is 25.5 Å². The van der Waals surface area contributed by atoms with Gasteiger partial charge in [0.25, 0.3) is 0 Å². The molecule has 0 aliphatic carbocycles. The van der Waals surface area contributed by atoms with Gasteiger partial charge in [0, 0.05) is 30.8 Å². The molecule has 0 spiro atoms. The SMILES string of the molecule is CN(C)c1ccc(CCCNS(=O)(=O)c2ccc(Br)cc2)cc1. The number of halogens is 1. The fourth-order valence-corrected chi connectivity index (χ4v) is 3.50. The molecule has 0 unspecified atom stereocenters. The molecule has 0 aliphatic rings. The third kappa shape index (κ3) is 5.34. The predicted octanol–water partition coefficient (Wildman–Crippen LogP) is 3.43. The van der Waals surface area contributed by atoms with Gasteiger partial charge >= 0.3 is 0 Å². The topological polar surface area (TPSA) is 49.4 Å². The van der Waals surface area contributed by atoms with Crippen molar-refractivity contribution >= 4 is 31.6 Å². The zero-order valence-corrected chi connectivity index (χ0v) is 15.7. The molecule has 2 rings (SSSR count). The second-order valence-corrected chi connectivity index (χ2v) is 8.20. The van der Waals surface area contributed by atoms with Crippen molar-refractivity contribution in [2.45, 2.75) is 17.7 Å². The quantitative estimate of drug-likeness (QED) is 0.729. The highest BCUT2D eigenvalue weighted by molar-refractivity contribution is 9.10. The summed E-state index contributed by atoms with van der Waals surface area (Å²) in [6.45, 7) is 0.424. The van der Waals surface area contributed by atoms with E-state index in [0.717, 1.165) is 23.0 Å². The summed E-state index contributed by atoms with van der Waals surface area (Å²) in [5.74, 6) is 0. The van der Waals surface area contributed by atoms with Gasteiger partial charge in [0.2, 0.25) is 10.0 Å². The van der Waals surface area contributed by atoms with Crippen molar-refractivity contribution in [1.29, 1.82) is 0 Å². The van der Waals surface area contributed by atoms with Crippen LogP contribution in [0.5, 0.6) is 0 Å². The third-order valence-electron chi connectivity index (χ3n) is 3.51. The molecular weight excluding hydrogens is 376 g/mol. The molecule has 1 N–H and O–H groups in total. The number of nitrogens with one attached hydrogen (secondary N) is 1. The van der Waals surface area contributed by atoms with E-state index in [2.05, 4.69) is 49.8 Å². The first-order chi connectivity index (χ1) is 10.9. The van der Waals surface area contributed by atoms with Crippen LogP contribution in [0.25, 0.3) is 0 Å². The molecule has 23 heavy (non-hydrogen) atoms. The highest BCUT2D eigenvalue weighted by Gasteiger charge is 2.12. The second-order valence-electron chi connectivity index (χ2n) is 5.52. The lowest BCUT2D eigenvalue weighted by Crippen LogP contribution is -2.25. The van der Waals surface area contributed by atoms with E-state index in [1.165, 1.54) is 5.56 Å². The van der Waals surface area contributed by atoms with Gasteiger partial charge in [-0.3, -0.25) is 0 Å². The molecule has 2 aromatic carbocycles. The molecule has 0 aliphatic heterocycles. The first-order valence-electron chi connectivity index (χ1n) is 7.40. The fourth-order valence-electron chi connectivity index (χ4n) is 2.16. The number of hydrogen-bond donors (Lipinski definition) is 1. The van der Waals surface area contributed by atoms with Crippen LogP contribution in [0, 0.1) is 0 Å². The summed E-state index contributed by atoms with van der Waals surface area (Å²) in [5, 5.41) is 0. The average Bonchev–Trinajstić information content (AvgIpc) is 2.52. The molecule has 0 amide bonds. The maximum Gasteiger partial charge on any atom is 0.240 e. The monoisotopic (exact) mass is 396 g/mol. The molecule has 0 bridgehead atoms. The maximum absolute atomic E-state index is 12.1. The van der Waals surface area contributed by atoms with Crippen LogP contribution in [0.1, 0.15) is 12.0 Å². The number of aryl methyl sites for hydroxylation is 1. The van der Waals surface area contributed by atoms with Crippen LogP contribution in [-0.4, -0.2) is 29.1 Å². The van der Waals surface area contributed by atoms with E-state index in [1.54, 1.807) is 24.3 Å². The van der Waals surface area contributed by atoms with Gasteiger partial charge in [0.15, 0.2) is 0 Å². The molecule has 0 radical (unpaired) electrons. The van der Waals surface area contributed by atoms with Crippen molar-refractivity contribution in [3.8, 4) is 0 Å². The van der Waals surface area contributed by atoms with Crippen molar-refractivity contribution < 1.29 is 8.42 Å². The minimum Gasteiger partial charge on any atom is -0.378 e. The zero-order chi connectivity index (χ0) is 16.9. The van der Waals surface area contributed by atoms with E-state index >= 15 is 0 Å². The molecule has 124 valence electrons. The second kappa shape index (κ2) is 7.95. The minimum atomic E-state index is -3.43. The number of rotatable bonds is 7. The molecule has 0 aromatic heterocycles. The van der Waals surface area contributed by atoms with Crippen LogP contribution in [-0.2, 0) is 16.4 Å². The number of benzene rings is 2. The molecule has 6 heteroatoms. The molecular formula is C17H21BrN2O2S. The Morgan fingerprint density at radius 2 is 1.61 bits per heavy atom. The number of nitrogens with zero attached hydrogens (tertiary/aromatic N) is 1. The zero-order valence-electron chi connectivity index (χ0n) is 13.3. The standard InChI is InChI=1S/C17H21BrN2O2S/c1-20(2)16-9-5-14(6-10-16)4-3-13-19-23(21,22)17-11-7-15(18)8-12-17/h5-12,19H,3-4,13H2,1-2H3. The van der Waals surface area contributed by atoms with Gasteiger partial charge in [-0.05, 0) is 54.8 Å². The highest BCUT2D eigenvalue weighted by Crippen LogP contribution is 2.15. The van der Waals surface area contributed by atoms with Crippen molar-refractivity contribution in [2.24, 2.45) is 0 Å². The summed E-state index contributed by atoms with van der Waals surface area (Å²) in [6.07, 6.45) is 1.60. The molecule has 0 heterocycles. The van der Waals surface area contributed by atoms with E-state index in [-0.39, 0.29) is 4.90 Å². The first kappa shape index (κ1) is 18.0. The Hall–Kier alpha value is -1.37. The lowest BCUT2D eigenvalue weighted by Gasteiger charge is -2.12. The van der Waals surface area contributed by atoms with E-state index in [0.29, 0.717) is 6.54 Å². The summed E-state index contributed by atoms with van der Waals surface area (Å²) in [4.78, 5) is 2.34. The van der Waals surface area contributed by atoms with Gasteiger partial charge in [-0.15, -0.1) is 0 Å². The van der Waals surface area contributed by atoms with Crippen LogP contribution in [0.4, 0.5) is 5.69 Å². The number of anilines is 1. The third-order valence-corrected chi connectivity index (χ3v) is 5.52.